The van der Waals surface area contributed by atoms with Gasteiger partial charge in [-0.2, -0.15) is 0 Å². The molecule has 2 atom stereocenters. The first-order chi connectivity index (χ1) is 5.85. The lowest BCUT2D eigenvalue weighted by Gasteiger charge is -2.51. The standard InChI is InChI=1S/C10H20N2/c1-3-11-7-10-6-5-9(11)8-12(10)4-2/h9-10H,3-8H2,1-2H3. The van der Waals surface area contributed by atoms with E-state index in [0.29, 0.717) is 0 Å². The van der Waals surface area contributed by atoms with Crippen molar-refractivity contribution in [3.63, 3.8) is 0 Å². The first kappa shape index (κ1) is 8.52. The van der Waals surface area contributed by atoms with Crippen molar-refractivity contribution in [2.45, 2.75) is 38.8 Å². The molecule has 2 bridgehead atoms. The van der Waals surface area contributed by atoms with Crippen LogP contribution in [0.1, 0.15) is 26.7 Å². The number of rotatable bonds is 2. The highest BCUT2D eigenvalue weighted by molar-refractivity contribution is 4.93. The highest BCUT2D eigenvalue weighted by Gasteiger charge is 2.36. The second-order valence-electron chi connectivity index (χ2n) is 4.06. The van der Waals surface area contributed by atoms with Gasteiger partial charge in [-0.15, -0.1) is 0 Å². The molecule has 0 aromatic rings. The zero-order chi connectivity index (χ0) is 8.55. The molecular formula is C10H20N2. The van der Waals surface area contributed by atoms with Gasteiger partial charge in [0.25, 0.3) is 0 Å². The first-order valence-electron chi connectivity index (χ1n) is 5.33. The minimum Gasteiger partial charge on any atom is -0.298 e. The van der Waals surface area contributed by atoms with Crippen LogP contribution in [0.15, 0.2) is 0 Å². The van der Waals surface area contributed by atoms with Crippen molar-refractivity contribution in [1.29, 1.82) is 0 Å². The SMILES string of the molecule is CCN1CC2CCC1CN2CC. The second-order valence-corrected chi connectivity index (χ2v) is 4.06. The maximum atomic E-state index is 2.65. The first-order valence-corrected chi connectivity index (χ1v) is 5.33. The number of nitrogens with zero attached hydrogens (tertiary/aromatic N) is 2. The Morgan fingerprint density at radius 3 is 1.58 bits per heavy atom. The van der Waals surface area contributed by atoms with Crippen LogP contribution in [-0.4, -0.2) is 48.1 Å². The molecule has 0 N–H and O–H groups in total. The summed E-state index contributed by atoms with van der Waals surface area (Å²) in [7, 11) is 0. The van der Waals surface area contributed by atoms with E-state index in [1.807, 2.05) is 0 Å². The highest BCUT2D eigenvalue weighted by Crippen LogP contribution is 2.27. The van der Waals surface area contributed by atoms with E-state index in [-0.39, 0.29) is 0 Å². The molecule has 70 valence electrons. The van der Waals surface area contributed by atoms with E-state index in [1.165, 1.54) is 39.0 Å². The fraction of sp³-hybridized carbons (Fsp3) is 1.00. The molecule has 0 aromatic carbocycles. The third-order valence-electron chi connectivity index (χ3n) is 3.57. The van der Waals surface area contributed by atoms with Gasteiger partial charge in [-0.25, -0.2) is 0 Å². The summed E-state index contributed by atoms with van der Waals surface area (Å²) < 4.78 is 0. The Kier molecular flexibility index (Phi) is 2.37. The Balaban J connectivity index is 2.01. The third-order valence-corrected chi connectivity index (χ3v) is 3.57. The summed E-state index contributed by atoms with van der Waals surface area (Å²) in [5, 5.41) is 0. The number of piperazine rings is 1. The van der Waals surface area contributed by atoms with Crippen molar-refractivity contribution in [2.75, 3.05) is 26.2 Å². The van der Waals surface area contributed by atoms with Crippen LogP contribution >= 0.6 is 0 Å². The van der Waals surface area contributed by atoms with Crippen LogP contribution < -0.4 is 0 Å². The van der Waals surface area contributed by atoms with Gasteiger partial charge in [0.2, 0.25) is 0 Å². The Bertz CT molecular complexity index is 140. The predicted octanol–water partition coefficient (Wildman–Crippen LogP) is 1.17. The van der Waals surface area contributed by atoms with Gasteiger partial charge in [-0.1, -0.05) is 13.8 Å². The van der Waals surface area contributed by atoms with Crippen LogP contribution in [0.4, 0.5) is 0 Å². The molecule has 2 nitrogen and oxygen atoms in total. The van der Waals surface area contributed by atoms with Crippen molar-refractivity contribution in [2.24, 2.45) is 0 Å². The highest BCUT2D eigenvalue weighted by atomic mass is 15.3. The van der Waals surface area contributed by atoms with Crippen molar-refractivity contribution < 1.29 is 0 Å². The van der Waals surface area contributed by atoms with Crippen molar-refractivity contribution >= 4 is 0 Å². The average molecular weight is 168 g/mol. The summed E-state index contributed by atoms with van der Waals surface area (Å²) >= 11 is 0. The Morgan fingerprint density at radius 2 is 1.33 bits per heavy atom. The number of fused-ring (bicyclic) bond motifs is 3. The monoisotopic (exact) mass is 168 g/mol. The zero-order valence-electron chi connectivity index (χ0n) is 8.29. The third kappa shape index (κ3) is 1.27. The molecule has 0 amide bonds. The number of likely N-dealkylation sites (N-methyl/N-ethyl adjacent to an activating group) is 2. The Morgan fingerprint density at radius 1 is 0.917 bits per heavy atom. The van der Waals surface area contributed by atoms with Gasteiger partial charge in [0.1, 0.15) is 0 Å². The van der Waals surface area contributed by atoms with E-state index in [2.05, 4.69) is 23.6 Å². The molecule has 2 heteroatoms. The maximum absolute atomic E-state index is 2.65. The van der Waals surface area contributed by atoms with Gasteiger partial charge in [-0.05, 0) is 25.9 Å². The molecule has 0 saturated carbocycles. The van der Waals surface area contributed by atoms with E-state index in [9.17, 15) is 0 Å². The van der Waals surface area contributed by atoms with Gasteiger partial charge in [0, 0.05) is 25.2 Å². The largest absolute Gasteiger partial charge is 0.298 e. The molecule has 3 saturated heterocycles. The number of piperidine rings is 2. The van der Waals surface area contributed by atoms with Crippen LogP contribution in [0.2, 0.25) is 0 Å². The minimum atomic E-state index is 0.875. The fourth-order valence-electron chi connectivity index (χ4n) is 2.78. The molecule has 3 aliphatic heterocycles. The van der Waals surface area contributed by atoms with E-state index in [1.54, 1.807) is 0 Å². The van der Waals surface area contributed by atoms with Crippen LogP contribution in [0, 0.1) is 0 Å². The summed E-state index contributed by atoms with van der Waals surface area (Å²) in [6.45, 7) is 9.73. The minimum absolute atomic E-state index is 0.875. The summed E-state index contributed by atoms with van der Waals surface area (Å²) in [4.78, 5) is 5.31. The summed E-state index contributed by atoms with van der Waals surface area (Å²) in [6, 6.07) is 1.75. The fourth-order valence-corrected chi connectivity index (χ4v) is 2.78. The van der Waals surface area contributed by atoms with Gasteiger partial charge >= 0.3 is 0 Å². The maximum Gasteiger partial charge on any atom is 0.0224 e. The molecule has 0 radical (unpaired) electrons. The molecule has 0 aromatic heterocycles. The van der Waals surface area contributed by atoms with E-state index in [0.717, 1.165) is 12.1 Å². The van der Waals surface area contributed by atoms with Gasteiger partial charge in [-0.3, -0.25) is 9.80 Å². The molecule has 3 fully saturated rings. The number of hydrogen-bond acceptors (Lipinski definition) is 2. The molecule has 3 aliphatic rings. The molecule has 3 heterocycles. The quantitative estimate of drug-likeness (QED) is 0.611. The second kappa shape index (κ2) is 3.35. The average Bonchev–Trinajstić information content (AvgIpc) is 2.18. The normalized spacial score (nSPS) is 37.5. The van der Waals surface area contributed by atoms with E-state index < -0.39 is 0 Å². The zero-order valence-corrected chi connectivity index (χ0v) is 8.29. The molecule has 3 rings (SSSR count). The lowest BCUT2D eigenvalue weighted by molar-refractivity contribution is -0.0147. The van der Waals surface area contributed by atoms with Crippen molar-refractivity contribution in [3.8, 4) is 0 Å². The molecule has 0 aliphatic carbocycles. The number of hydrogen-bond donors (Lipinski definition) is 0. The van der Waals surface area contributed by atoms with Gasteiger partial charge in [0.15, 0.2) is 0 Å². The van der Waals surface area contributed by atoms with Crippen LogP contribution in [-0.2, 0) is 0 Å². The lowest BCUT2D eigenvalue weighted by atomic mass is 9.91. The van der Waals surface area contributed by atoms with Crippen LogP contribution in [0.3, 0.4) is 0 Å². The van der Waals surface area contributed by atoms with E-state index >= 15 is 0 Å². The Labute approximate surface area is 75.5 Å². The van der Waals surface area contributed by atoms with Gasteiger partial charge < -0.3 is 0 Å². The van der Waals surface area contributed by atoms with Gasteiger partial charge in [0.05, 0.1) is 0 Å². The topological polar surface area (TPSA) is 6.48 Å². The molecule has 2 unspecified atom stereocenters. The van der Waals surface area contributed by atoms with Crippen LogP contribution in [0.25, 0.3) is 0 Å². The molecule has 12 heavy (non-hydrogen) atoms. The molecule has 0 spiro atoms. The Hall–Kier alpha value is -0.0800. The van der Waals surface area contributed by atoms with Crippen LogP contribution in [0.5, 0.6) is 0 Å². The van der Waals surface area contributed by atoms with Crippen molar-refractivity contribution in [3.05, 3.63) is 0 Å². The lowest BCUT2D eigenvalue weighted by Crippen LogP contribution is -2.62. The van der Waals surface area contributed by atoms with E-state index in [4.69, 9.17) is 0 Å². The molecular weight excluding hydrogens is 148 g/mol. The summed E-state index contributed by atoms with van der Waals surface area (Å²) in [5.74, 6) is 0. The summed E-state index contributed by atoms with van der Waals surface area (Å²) in [5.41, 5.74) is 0. The smallest absolute Gasteiger partial charge is 0.0224 e. The van der Waals surface area contributed by atoms with Crippen molar-refractivity contribution in [1.82, 2.24) is 9.80 Å². The predicted molar refractivity (Wildman–Crippen MR) is 51.3 cm³/mol. The summed E-state index contributed by atoms with van der Waals surface area (Å²) in [6.07, 6.45) is 2.88.